The second-order valence-corrected chi connectivity index (χ2v) is 6.16. The predicted octanol–water partition coefficient (Wildman–Crippen LogP) is 4.05. The van der Waals surface area contributed by atoms with E-state index in [1.807, 2.05) is 29.6 Å². The molecular weight excluding hydrogens is 285 g/mol. The van der Waals surface area contributed by atoms with E-state index in [2.05, 4.69) is 12.2 Å². The van der Waals surface area contributed by atoms with Crippen LogP contribution in [0.1, 0.15) is 25.3 Å². The lowest BCUT2D eigenvalue weighted by atomic mass is 10.0. The van der Waals surface area contributed by atoms with Crippen molar-refractivity contribution in [3.8, 4) is 10.4 Å². The Morgan fingerprint density at radius 1 is 1.33 bits per heavy atom. The fraction of sp³-hybridized carbons (Fsp3) is 0.412. The standard InChI is InChI=1S/C17H22FNOS/c1-2-13(7-8-20)11-19-12-14-5-6-16(18)15(10-14)17-4-3-9-21-17/h3-6,9-10,13,19-20H,2,7-8,11-12H2,1H3. The summed E-state index contributed by atoms with van der Waals surface area (Å²) in [7, 11) is 0. The highest BCUT2D eigenvalue weighted by Gasteiger charge is 2.08. The van der Waals surface area contributed by atoms with Crippen LogP contribution in [0.4, 0.5) is 4.39 Å². The fourth-order valence-electron chi connectivity index (χ4n) is 2.36. The van der Waals surface area contributed by atoms with E-state index in [-0.39, 0.29) is 12.4 Å². The third-order valence-corrected chi connectivity index (χ3v) is 4.60. The van der Waals surface area contributed by atoms with Crippen molar-refractivity contribution >= 4 is 11.3 Å². The number of aliphatic hydroxyl groups is 1. The van der Waals surface area contributed by atoms with Crippen LogP contribution in [-0.4, -0.2) is 18.3 Å². The maximum Gasteiger partial charge on any atom is 0.131 e. The highest BCUT2D eigenvalue weighted by Crippen LogP contribution is 2.28. The summed E-state index contributed by atoms with van der Waals surface area (Å²) in [6, 6.07) is 9.16. The summed E-state index contributed by atoms with van der Waals surface area (Å²) >= 11 is 1.55. The molecule has 2 aromatic rings. The van der Waals surface area contributed by atoms with E-state index in [4.69, 9.17) is 5.11 Å². The van der Waals surface area contributed by atoms with Crippen LogP contribution in [0, 0.1) is 11.7 Å². The predicted molar refractivity (Wildman–Crippen MR) is 86.9 cm³/mol. The van der Waals surface area contributed by atoms with E-state index in [0.29, 0.717) is 11.5 Å². The molecule has 2 N–H and O–H groups in total. The highest BCUT2D eigenvalue weighted by atomic mass is 32.1. The fourth-order valence-corrected chi connectivity index (χ4v) is 3.10. The van der Waals surface area contributed by atoms with Crippen LogP contribution < -0.4 is 5.32 Å². The van der Waals surface area contributed by atoms with Gasteiger partial charge in [0.05, 0.1) is 0 Å². The van der Waals surface area contributed by atoms with Crippen LogP contribution in [0.2, 0.25) is 0 Å². The van der Waals surface area contributed by atoms with Gasteiger partial charge in [0, 0.05) is 23.6 Å². The first-order valence-corrected chi connectivity index (χ1v) is 8.26. The van der Waals surface area contributed by atoms with Gasteiger partial charge in [0.15, 0.2) is 0 Å². The van der Waals surface area contributed by atoms with Crippen LogP contribution >= 0.6 is 11.3 Å². The van der Waals surface area contributed by atoms with Crippen molar-refractivity contribution in [1.29, 1.82) is 0 Å². The van der Waals surface area contributed by atoms with Gasteiger partial charge < -0.3 is 10.4 Å². The number of hydrogen-bond acceptors (Lipinski definition) is 3. The second kappa shape index (κ2) is 8.27. The van der Waals surface area contributed by atoms with Crippen molar-refractivity contribution in [2.75, 3.05) is 13.2 Å². The molecule has 0 fully saturated rings. The number of benzene rings is 1. The van der Waals surface area contributed by atoms with E-state index >= 15 is 0 Å². The molecule has 1 aromatic carbocycles. The molecule has 0 saturated heterocycles. The molecule has 114 valence electrons. The zero-order valence-corrected chi connectivity index (χ0v) is 13.1. The number of halogens is 1. The first-order chi connectivity index (χ1) is 10.2. The van der Waals surface area contributed by atoms with Gasteiger partial charge in [-0.1, -0.05) is 25.5 Å². The van der Waals surface area contributed by atoms with Gasteiger partial charge in [0.1, 0.15) is 5.82 Å². The average Bonchev–Trinajstić information content (AvgIpc) is 3.02. The Morgan fingerprint density at radius 3 is 2.86 bits per heavy atom. The normalized spacial score (nSPS) is 12.5. The monoisotopic (exact) mass is 307 g/mol. The lowest BCUT2D eigenvalue weighted by Gasteiger charge is -2.14. The molecule has 1 unspecified atom stereocenters. The highest BCUT2D eigenvalue weighted by molar-refractivity contribution is 7.13. The average molecular weight is 307 g/mol. The lowest BCUT2D eigenvalue weighted by Crippen LogP contribution is -2.22. The first kappa shape index (κ1) is 16.1. The summed E-state index contributed by atoms with van der Waals surface area (Å²) in [5.74, 6) is 0.320. The smallest absolute Gasteiger partial charge is 0.131 e. The topological polar surface area (TPSA) is 32.3 Å². The molecule has 0 aliphatic heterocycles. The Bertz CT molecular complexity index is 542. The minimum Gasteiger partial charge on any atom is -0.396 e. The molecule has 0 spiro atoms. The third-order valence-electron chi connectivity index (χ3n) is 3.69. The van der Waals surface area contributed by atoms with Crippen molar-refractivity contribution in [3.05, 3.63) is 47.1 Å². The molecule has 2 rings (SSSR count). The molecule has 0 radical (unpaired) electrons. The van der Waals surface area contributed by atoms with Crippen LogP contribution in [0.15, 0.2) is 35.7 Å². The Hall–Kier alpha value is -1.23. The van der Waals surface area contributed by atoms with Crippen LogP contribution in [0.3, 0.4) is 0 Å². The summed E-state index contributed by atoms with van der Waals surface area (Å²) in [5, 5.41) is 14.3. The number of rotatable bonds is 8. The first-order valence-electron chi connectivity index (χ1n) is 7.38. The van der Waals surface area contributed by atoms with Crippen molar-refractivity contribution < 1.29 is 9.50 Å². The van der Waals surface area contributed by atoms with Crippen molar-refractivity contribution in [3.63, 3.8) is 0 Å². The van der Waals surface area contributed by atoms with Gasteiger partial charge in [-0.05, 0) is 48.0 Å². The van der Waals surface area contributed by atoms with E-state index in [1.54, 1.807) is 11.3 Å². The Balaban J connectivity index is 1.97. The summed E-state index contributed by atoms with van der Waals surface area (Å²) in [5.41, 5.74) is 1.75. The molecule has 1 atom stereocenters. The van der Waals surface area contributed by atoms with Crippen molar-refractivity contribution in [2.24, 2.45) is 5.92 Å². The van der Waals surface area contributed by atoms with Gasteiger partial charge in [-0.3, -0.25) is 0 Å². The van der Waals surface area contributed by atoms with Gasteiger partial charge >= 0.3 is 0 Å². The van der Waals surface area contributed by atoms with E-state index < -0.39 is 0 Å². The minimum absolute atomic E-state index is 0.173. The maximum atomic E-state index is 13.9. The quantitative estimate of drug-likeness (QED) is 0.771. The molecule has 0 aliphatic carbocycles. The number of thiophene rings is 1. The zero-order valence-electron chi connectivity index (χ0n) is 12.3. The van der Waals surface area contributed by atoms with Gasteiger partial charge in [0.25, 0.3) is 0 Å². The van der Waals surface area contributed by atoms with Gasteiger partial charge in [-0.2, -0.15) is 0 Å². The van der Waals surface area contributed by atoms with Gasteiger partial charge in [-0.15, -0.1) is 11.3 Å². The second-order valence-electron chi connectivity index (χ2n) is 5.21. The van der Waals surface area contributed by atoms with E-state index in [0.717, 1.165) is 36.4 Å². The third kappa shape index (κ3) is 4.63. The number of hydrogen-bond donors (Lipinski definition) is 2. The largest absolute Gasteiger partial charge is 0.396 e. The molecule has 0 amide bonds. The maximum absolute atomic E-state index is 13.9. The minimum atomic E-state index is -0.173. The molecule has 0 aliphatic rings. The molecule has 4 heteroatoms. The molecule has 21 heavy (non-hydrogen) atoms. The van der Waals surface area contributed by atoms with Gasteiger partial charge in [-0.25, -0.2) is 4.39 Å². The number of aliphatic hydroxyl groups excluding tert-OH is 1. The summed E-state index contributed by atoms with van der Waals surface area (Å²) < 4.78 is 13.9. The van der Waals surface area contributed by atoms with Gasteiger partial charge in [0.2, 0.25) is 0 Å². The molecule has 1 aromatic heterocycles. The van der Waals surface area contributed by atoms with E-state index in [9.17, 15) is 4.39 Å². The Labute approximate surface area is 129 Å². The summed E-state index contributed by atoms with van der Waals surface area (Å²) in [6.07, 6.45) is 1.88. The van der Waals surface area contributed by atoms with Crippen LogP contribution in [0.5, 0.6) is 0 Å². The zero-order chi connectivity index (χ0) is 15.1. The van der Waals surface area contributed by atoms with Crippen molar-refractivity contribution in [2.45, 2.75) is 26.3 Å². The molecule has 2 nitrogen and oxygen atoms in total. The molecule has 0 bridgehead atoms. The van der Waals surface area contributed by atoms with Crippen LogP contribution in [0.25, 0.3) is 10.4 Å². The SMILES string of the molecule is CCC(CCO)CNCc1ccc(F)c(-c2cccs2)c1. The van der Waals surface area contributed by atoms with Crippen molar-refractivity contribution in [1.82, 2.24) is 5.32 Å². The van der Waals surface area contributed by atoms with Crippen LogP contribution in [-0.2, 0) is 6.54 Å². The lowest BCUT2D eigenvalue weighted by molar-refractivity contribution is 0.251. The van der Waals surface area contributed by atoms with E-state index in [1.165, 1.54) is 6.07 Å². The molecule has 0 saturated carbocycles. The summed E-state index contributed by atoms with van der Waals surface area (Å²) in [4.78, 5) is 0.959. The molecule has 1 heterocycles. The number of nitrogens with one attached hydrogen (secondary N) is 1. The Morgan fingerprint density at radius 2 is 2.19 bits per heavy atom. The molecular formula is C17H22FNOS. The Kier molecular flexibility index (Phi) is 6.36. The summed E-state index contributed by atoms with van der Waals surface area (Å²) in [6.45, 7) is 3.97.